The van der Waals surface area contributed by atoms with E-state index in [0.29, 0.717) is 38.1 Å². The number of sulfonamides is 1. The predicted octanol–water partition coefficient (Wildman–Crippen LogP) is 1.98. The van der Waals surface area contributed by atoms with Gasteiger partial charge in [-0.15, -0.1) is 0 Å². The molecule has 0 aliphatic carbocycles. The average Bonchev–Trinajstić information content (AvgIpc) is 2.95. The first-order valence-corrected chi connectivity index (χ1v) is 10.1. The van der Waals surface area contributed by atoms with Gasteiger partial charge in [0, 0.05) is 25.7 Å². The van der Waals surface area contributed by atoms with E-state index in [-0.39, 0.29) is 10.6 Å². The molecule has 1 aromatic heterocycles. The molecule has 6 nitrogen and oxygen atoms in total. The highest BCUT2D eigenvalue weighted by molar-refractivity contribution is 7.89. The number of hydrogen-bond donors (Lipinski definition) is 0. The third kappa shape index (κ3) is 2.61. The van der Waals surface area contributed by atoms with Gasteiger partial charge < -0.3 is 4.74 Å². The summed E-state index contributed by atoms with van der Waals surface area (Å²) < 4.78 is 35.3. The predicted molar refractivity (Wildman–Crippen MR) is 93.7 cm³/mol. The van der Waals surface area contributed by atoms with Gasteiger partial charge in [-0.05, 0) is 37.3 Å². The van der Waals surface area contributed by atoms with Crippen LogP contribution < -0.4 is 0 Å². The first-order chi connectivity index (χ1) is 11.9. The summed E-state index contributed by atoms with van der Waals surface area (Å²) in [5.41, 5.74) is 2.90. The number of fused-ring (bicyclic) bond motifs is 2. The van der Waals surface area contributed by atoms with Crippen molar-refractivity contribution in [1.82, 2.24) is 14.1 Å². The number of piperidine rings is 1. The lowest BCUT2D eigenvalue weighted by molar-refractivity contribution is -0.0892. The molecule has 0 atom stereocenters. The molecule has 3 heterocycles. The second kappa shape index (κ2) is 5.93. The maximum Gasteiger partial charge on any atom is 0.260 e. The quantitative estimate of drug-likeness (QED) is 0.820. The number of nitrogens with zero attached hydrogens (tertiary/aromatic N) is 3. The maximum absolute atomic E-state index is 13.0. The normalized spacial score (nSPS) is 20.6. The fourth-order valence-electron chi connectivity index (χ4n) is 4.15. The van der Waals surface area contributed by atoms with Crippen molar-refractivity contribution in [3.8, 4) is 0 Å². The molecule has 134 valence electrons. The summed E-state index contributed by atoms with van der Waals surface area (Å²) in [6.07, 6.45) is 3.88. The van der Waals surface area contributed by atoms with Crippen molar-refractivity contribution >= 4 is 10.0 Å². The summed E-state index contributed by atoms with van der Waals surface area (Å²) in [7, 11) is -1.86. The Balaban J connectivity index is 1.61. The third-order valence-corrected chi connectivity index (χ3v) is 7.55. The zero-order chi connectivity index (χ0) is 17.7. The highest BCUT2D eigenvalue weighted by Gasteiger charge is 2.43. The van der Waals surface area contributed by atoms with E-state index in [2.05, 4.69) is 23.3 Å². The molecule has 1 saturated heterocycles. The molecule has 0 saturated carbocycles. The Labute approximate surface area is 148 Å². The van der Waals surface area contributed by atoms with Gasteiger partial charge in [0.05, 0.1) is 18.4 Å². The Morgan fingerprint density at radius 2 is 1.92 bits per heavy atom. The largest absolute Gasteiger partial charge is 0.370 e. The maximum atomic E-state index is 13.0. The molecular formula is C18H23N3O3S. The summed E-state index contributed by atoms with van der Waals surface area (Å²) in [5, 5.41) is 4.36. The second-order valence-electron chi connectivity index (χ2n) is 6.91. The van der Waals surface area contributed by atoms with Crippen molar-refractivity contribution in [2.24, 2.45) is 7.05 Å². The van der Waals surface area contributed by atoms with Gasteiger partial charge in [-0.1, -0.05) is 24.3 Å². The summed E-state index contributed by atoms with van der Waals surface area (Å²) in [6.45, 7) is 3.40. The number of aryl methyl sites for hydroxylation is 2. The molecule has 1 aromatic carbocycles. The van der Waals surface area contributed by atoms with E-state index in [0.717, 1.165) is 6.42 Å². The summed E-state index contributed by atoms with van der Waals surface area (Å²) in [6, 6.07) is 8.38. The van der Waals surface area contributed by atoms with Crippen LogP contribution in [0, 0.1) is 6.92 Å². The van der Waals surface area contributed by atoms with Crippen molar-refractivity contribution < 1.29 is 13.2 Å². The molecule has 1 spiro atoms. The fraction of sp³-hybridized carbons (Fsp3) is 0.500. The van der Waals surface area contributed by atoms with Crippen LogP contribution in [-0.2, 0) is 33.8 Å². The summed E-state index contributed by atoms with van der Waals surface area (Å²) in [4.78, 5) is 0. The molecule has 25 heavy (non-hydrogen) atoms. The minimum atomic E-state index is -3.53. The lowest BCUT2D eigenvalue weighted by atomic mass is 9.80. The van der Waals surface area contributed by atoms with Crippen LogP contribution >= 0.6 is 0 Å². The van der Waals surface area contributed by atoms with E-state index in [1.54, 1.807) is 24.5 Å². The number of hydrogen-bond acceptors (Lipinski definition) is 4. The van der Waals surface area contributed by atoms with Crippen LogP contribution in [0.4, 0.5) is 0 Å². The second-order valence-corrected chi connectivity index (χ2v) is 8.76. The van der Waals surface area contributed by atoms with Crippen molar-refractivity contribution in [2.75, 3.05) is 19.7 Å². The van der Waals surface area contributed by atoms with Gasteiger partial charge in [-0.25, -0.2) is 8.42 Å². The molecule has 0 bridgehead atoms. The lowest BCUT2D eigenvalue weighted by Crippen LogP contribution is -2.48. The molecule has 0 amide bonds. The van der Waals surface area contributed by atoms with Crippen LogP contribution in [0.1, 0.15) is 29.5 Å². The highest BCUT2D eigenvalue weighted by Crippen LogP contribution is 2.42. The van der Waals surface area contributed by atoms with Crippen LogP contribution in [0.5, 0.6) is 0 Å². The summed E-state index contributed by atoms with van der Waals surface area (Å²) in [5.74, 6) is 0. The Kier molecular flexibility index (Phi) is 3.97. The van der Waals surface area contributed by atoms with Gasteiger partial charge in [0.15, 0.2) is 5.03 Å². The highest BCUT2D eigenvalue weighted by atomic mass is 32.2. The van der Waals surface area contributed by atoms with Gasteiger partial charge in [0.25, 0.3) is 10.0 Å². The minimum Gasteiger partial charge on any atom is -0.370 e. The van der Waals surface area contributed by atoms with Gasteiger partial charge in [-0.3, -0.25) is 4.68 Å². The van der Waals surface area contributed by atoms with Crippen molar-refractivity contribution in [3.05, 3.63) is 47.2 Å². The smallest absolute Gasteiger partial charge is 0.260 e. The molecular weight excluding hydrogens is 338 g/mol. The van der Waals surface area contributed by atoms with E-state index >= 15 is 0 Å². The van der Waals surface area contributed by atoms with Gasteiger partial charge >= 0.3 is 0 Å². The Morgan fingerprint density at radius 3 is 2.60 bits per heavy atom. The van der Waals surface area contributed by atoms with Crippen molar-refractivity contribution in [3.63, 3.8) is 0 Å². The molecule has 0 unspecified atom stereocenters. The first-order valence-electron chi connectivity index (χ1n) is 8.65. The van der Waals surface area contributed by atoms with Crippen LogP contribution in [-0.4, -0.2) is 42.2 Å². The minimum absolute atomic E-state index is 0.286. The van der Waals surface area contributed by atoms with E-state index < -0.39 is 10.0 Å². The van der Waals surface area contributed by atoms with Crippen molar-refractivity contribution in [2.45, 2.75) is 36.8 Å². The zero-order valence-electron chi connectivity index (χ0n) is 14.6. The topological polar surface area (TPSA) is 64.4 Å². The molecule has 1 fully saturated rings. The number of aromatic nitrogens is 2. The van der Waals surface area contributed by atoms with Crippen LogP contribution in [0.3, 0.4) is 0 Å². The molecule has 2 aliphatic rings. The number of benzene rings is 1. The van der Waals surface area contributed by atoms with E-state index in [1.165, 1.54) is 15.8 Å². The van der Waals surface area contributed by atoms with Gasteiger partial charge in [-0.2, -0.15) is 9.40 Å². The van der Waals surface area contributed by atoms with Gasteiger partial charge in [0.2, 0.25) is 0 Å². The standard InChI is InChI=1S/C18H23N3O3S/c1-14-13-19-20(2)17(14)25(22,23)21-10-8-18(9-11-21)16-6-4-3-5-15(16)7-12-24-18/h3-6,13H,7-12H2,1-2H3. The molecule has 7 heteroatoms. The SMILES string of the molecule is Cc1cnn(C)c1S(=O)(=O)N1CCC2(CC1)OCCc1ccccc12. The first kappa shape index (κ1) is 16.8. The van der Waals surface area contributed by atoms with E-state index in [1.807, 2.05) is 6.07 Å². The Morgan fingerprint density at radius 1 is 1.20 bits per heavy atom. The molecule has 0 radical (unpaired) electrons. The van der Waals surface area contributed by atoms with Crippen LogP contribution in [0.15, 0.2) is 35.5 Å². The van der Waals surface area contributed by atoms with Crippen LogP contribution in [0.2, 0.25) is 0 Å². The number of ether oxygens (including phenoxy) is 1. The molecule has 2 aromatic rings. The molecule has 2 aliphatic heterocycles. The third-order valence-electron chi connectivity index (χ3n) is 5.43. The number of rotatable bonds is 2. The van der Waals surface area contributed by atoms with Gasteiger partial charge in [0.1, 0.15) is 0 Å². The summed E-state index contributed by atoms with van der Waals surface area (Å²) >= 11 is 0. The van der Waals surface area contributed by atoms with Crippen molar-refractivity contribution in [1.29, 1.82) is 0 Å². The van der Waals surface area contributed by atoms with E-state index in [4.69, 9.17) is 4.74 Å². The van der Waals surface area contributed by atoms with Crippen LogP contribution in [0.25, 0.3) is 0 Å². The molecule has 4 rings (SSSR count). The lowest BCUT2D eigenvalue weighted by Gasteiger charge is -2.44. The van der Waals surface area contributed by atoms with E-state index in [9.17, 15) is 8.42 Å². The average molecular weight is 361 g/mol. The monoisotopic (exact) mass is 361 g/mol. The Hall–Kier alpha value is -1.70. The molecule has 0 N–H and O–H groups in total. The Bertz CT molecular complexity index is 877. The zero-order valence-corrected chi connectivity index (χ0v) is 15.4. The fourth-order valence-corrected chi connectivity index (χ4v) is 5.90.